The van der Waals surface area contributed by atoms with Crippen molar-refractivity contribution in [1.82, 2.24) is 0 Å². The number of aliphatic hydroxyl groups excluding tert-OH is 9. The van der Waals surface area contributed by atoms with E-state index in [1.165, 1.54) is 0 Å². The number of hydrogen-bond acceptors (Lipinski definition) is 14. The molecule has 3 aliphatic heterocycles. The molecule has 0 bridgehead atoms. The normalized spacial score (nSPS) is 49.6. The van der Waals surface area contributed by atoms with Crippen molar-refractivity contribution in [2.75, 3.05) is 19.8 Å². The summed E-state index contributed by atoms with van der Waals surface area (Å²) >= 11 is 0. The first kappa shape index (κ1) is 28.7. The number of hydrogen-bond donors (Lipinski definition) is 9. The van der Waals surface area contributed by atoms with Gasteiger partial charge in [0.15, 0.2) is 12.6 Å². The molecule has 0 aromatic heterocycles. The van der Waals surface area contributed by atoms with Gasteiger partial charge in [-0.1, -0.05) is 0 Å². The standard InChI is InChI=1S/C17H29O14.U/c18-1-6-10(22)11(23)13(25)17(29-6)31-15-7(2-19)30-16(14(26)12(15)24)28-4-8-9(21)5(20)3-27-8;/h3,5-26H,1-2,4H2;/q-1;/t5?,6?,7?,8-,9?,10+,11?,12?,13?,14?,15+,16-,17+;/m1./s1. The predicted octanol–water partition coefficient (Wildman–Crippen LogP) is -6.09. The van der Waals surface area contributed by atoms with Crippen LogP contribution >= 0.6 is 0 Å². The average molecular weight is 695 g/mol. The molecule has 0 spiro atoms. The van der Waals surface area contributed by atoms with E-state index in [4.69, 9.17) is 23.7 Å². The van der Waals surface area contributed by atoms with E-state index in [1.54, 1.807) is 0 Å². The Bertz CT molecular complexity index is 569. The smallest absolute Gasteiger partial charge is 0.187 e. The van der Waals surface area contributed by atoms with Gasteiger partial charge in [0.2, 0.25) is 0 Å². The van der Waals surface area contributed by atoms with Crippen molar-refractivity contribution in [3.05, 3.63) is 6.61 Å². The molecule has 8 unspecified atom stereocenters. The van der Waals surface area contributed by atoms with Crippen LogP contribution in [0.4, 0.5) is 0 Å². The van der Waals surface area contributed by atoms with Crippen molar-refractivity contribution in [1.29, 1.82) is 0 Å². The number of ether oxygens (including phenoxy) is 5. The minimum atomic E-state index is -1.76. The second-order valence-electron chi connectivity index (χ2n) is 7.63. The zero-order chi connectivity index (χ0) is 22.9. The summed E-state index contributed by atoms with van der Waals surface area (Å²) in [6.45, 7) is -0.704. The molecule has 0 aromatic rings. The van der Waals surface area contributed by atoms with Gasteiger partial charge in [-0.05, 0) is 6.10 Å². The van der Waals surface area contributed by atoms with Gasteiger partial charge in [-0.25, -0.2) is 0 Å². The number of aliphatic hydroxyl groups is 9. The third-order valence-electron chi connectivity index (χ3n) is 5.51. The Morgan fingerprint density at radius 1 is 0.656 bits per heavy atom. The molecule has 3 rings (SSSR count). The summed E-state index contributed by atoms with van der Waals surface area (Å²) in [5.74, 6) is 0. The molecule has 14 nitrogen and oxygen atoms in total. The van der Waals surface area contributed by atoms with Gasteiger partial charge in [0.05, 0.1) is 32.0 Å². The van der Waals surface area contributed by atoms with Crippen molar-refractivity contribution in [3.63, 3.8) is 0 Å². The minimum absolute atomic E-state index is 0. The van der Waals surface area contributed by atoms with Gasteiger partial charge >= 0.3 is 0 Å². The summed E-state index contributed by atoms with van der Waals surface area (Å²) in [5.41, 5.74) is 0. The predicted molar refractivity (Wildman–Crippen MR) is 93.5 cm³/mol. The van der Waals surface area contributed by atoms with Crippen LogP contribution in [-0.4, -0.2) is 146 Å². The molecule has 0 aliphatic carbocycles. The zero-order valence-electron chi connectivity index (χ0n) is 16.8. The average Bonchev–Trinajstić information content (AvgIpc) is 3.08. The van der Waals surface area contributed by atoms with Gasteiger partial charge in [-0.2, -0.15) is 6.61 Å². The maximum Gasteiger partial charge on any atom is 0.187 e. The summed E-state index contributed by atoms with van der Waals surface area (Å²) in [6, 6.07) is 0. The van der Waals surface area contributed by atoms with E-state index in [2.05, 4.69) is 0 Å². The first-order valence-corrected chi connectivity index (χ1v) is 9.74. The Labute approximate surface area is 206 Å². The molecule has 9 N–H and O–H groups in total. The molecule has 0 aromatic carbocycles. The first-order chi connectivity index (χ1) is 14.7. The molecular weight excluding hydrogens is 666 g/mol. The van der Waals surface area contributed by atoms with Gasteiger partial charge in [0, 0.05) is 31.1 Å². The fourth-order valence-corrected chi connectivity index (χ4v) is 3.58. The van der Waals surface area contributed by atoms with E-state index in [-0.39, 0.29) is 37.7 Å². The second-order valence-corrected chi connectivity index (χ2v) is 7.63. The Hall–Kier alpha value is 0.492. The third-order valence-corrected chi connectivity index (χ3v) is 5.51. The van der Waals surface area contributed by atoms with Crippen LogP contribution in [0.2, 0.25) is 0 Å². The molecular formula is C17H29O14U-. The first-order valence-electron chi connectivity index (χ1n) is 9.74. The van der Waals surface area contributed by atoms with Crippen LogP contribution in [0.5, 0.6) is 0 Å². The fourth-order valence-electron chi connectivity index (χ4n) is 3.58. The second kappa shape index (κ2) is 12.5. The van der Waals surface area contributed by atoms with E-state index >= 15 is 0 Å². The Morgan fingerprint density at radius 3 is 1.81 bits per heavy atom. The zero-order valence-corrected chi connectivity index (χ0v) is 20.9. The van der Waals surface area contributed by atoms with Crippen LogP contribution in [0.15, 0.2) is 0 Å². The molecule has 186 valence electrons. The van der Waals surface area contributed by atoms with Gasteiger partial charge in [-0.15, -0.1) is 0 Å². The Morgan fingerprint density at radius 2 is 1.25 bits per heavy atom. The van der Waals surface area contributed by atoms with Crippen molar-refractivity contribution in [2.24, 2.45) is 0 Å². The SMILES string of the molecule is OCC1O[C@@H](O[C@H]2C(CO)O[C@@H](OC[C@H]3O[CH-]C(O)C3O)C(O)C2O)C(O)C(O)[C@H]1O.[U]. The van der Waals surface area contributed by atoms with E-state index < -0.39 is 92.9 Å². The van der Waals surface area contributed by atoms with Crippen LogP contribution in [-0.2, 0) is 23.7 Å². The topological polar surface area (TPSA) is 228 Å². The molecule has 15 heteroatoms. The van der Waals surface area contributed by atoms with Crippen molar-refractivity contribution in [2.45, 2.75) is 79.7 Å². The molecule has 0 saturated carbocycles. The largest absolute Gasteiger partial charge is 0.544 e. The van der Waals surface area contributed by atoms with Crippen molar-refractivity contribution in [3.8, 4) is 0 Å². The summed E-state index contributed by atoms with van der Waals surface area (Å²) in [5, 5.41) is 88.7. The molecule has 32 heavy (non-hydrogen) atoms. The molecule has 3 saturated heterocycles. The minimum Gasteiger partial charge on any atom is -0.544 e. The van der Waals surface area contributed by atoms with Gasteiger partial charge in [0.25, 0.3) is 0 Å². The monoisotopic (exact) mass is 695 g/mol. The van der Waals surface area contributed by atoms with Crippen molar-refractivity contribution >= 4 is 0 Å². The maximum absolute atomic E-state index is 10.5. The summed E-state index contributed by atoms with van der Waals surface area (Å²) in [7, 11) is 0. The molecule has 3 fully saturated rings. The quantitative estimate of drug-likeness (QED) is 0.113. The molecule has 0 amide bonds. The molecule has 0 radical (unpaired) electrons. The van der Waals surface area contributed by atoms with E-state index in [1.807, 2.05) is 0 Å². The molecule has 13 atom stereocenters. The van der Waals surface area contributed by atoms with Crippen LogP contribution in [0.25, 0.3) is 0 Å². The summed E-state index contributed by atoms with van der Waals surface area (Å²) in [6.07, 6.45) is -19.0. The molecule has 3 aliphatic rings. The van der Waals surface area contributed by atoms with Gasteiger partial charge in [-0.3, -0.25) is 0 Å². The van der Waals surface area contributed by atoms with E-state index in [9.17, 15) is 46.0 Å². The van der Waals surface area contributed by atoms with Crippen LogP contribution in [0.3, 0.4) is 0 Å². The molecule has 3 heterocycles. The fraction of sp³-hybridized carbons (Fsp3) is 0.941. The number of rotatable bonds is 7. The summed E-state index contributed by atoms with van der Waals surface area (Å²) in [4.78, 5) is 0. The van der Waals surface area contributed by atoms with Crippen molar-refractivity contribution < 1.29 is 101 Å². The van der Waals surface area contributed by atoms with Crippen LogP contribution in [0.1, 0.15) is 0 Å². The Kier molecular flexibility index (Phi) is 11.2. The van der Waals surface area contributed by atoms with Gasteiger partial charge < -0.3 is 69.6 Å². The summed E-state index contributed by atoms with van der Waals surface area (Å²) < 4.78 is 26.4. The van der Waals surface area contributed by atoms with E-state index in [0.29, 0.717) is 0 Å². The van der Waals surface area contributed by atoms with Crippen LogP contribution < -0.4 is 0 Å². The van der Waals surface area contributed by atoms with Gasteiger partial charge in [0.1, 0.15) is 48.8 Å². The third kappa shape index (κ3) is 6.00. The Balaban J connectivity index is 0.00000363. The van der Waals surface area contributed by atoms with Crippen LogP contribution in [0, 0.1) is 37.7 Å². The van der Waals surface area contributed by atoms with E-state index in [0.717, 1.165) is 6.61 Å². The maximum atomic E-state index is 10.5.